The molecular formula is C14H21N3O. The topological polar surface area (TPSA) is 62.3 Å². The molecule has 1 aromatic carbocycles. The van der Waals surface area contributed by atoms with Crippen LogP contribution in [0.2, 0.25) is 0 Å². The first kappa shape index (κ1) is 14.3. The first-order valence-corrected chi connectivity index (χ1v) is 6.05. The molecule has 4 nitrogen and oxygen atoms in total. The fourth-order valence-electron chi connectivity index (χ4n) is 1.98. The number of ether oxygens (including phenoxy) is 1. The van der Waals surface area contributed by atoms with Crippen molar-refractivity contribution in [1.29, 1.82) is 5.26 Å². The second-order valence-electron chi connectivity index (χ2n) is 4.50. The van der Waals surface area contributed by atoms with Gasteiger partial charge < -0.3 is 15.4 Å². The Bertz CT molecular complexity index is 437. The predicted octanol–water partition coefficient (Wildman–Crippen LogP) is 2.45. The van der Waals surface area contributed by atoms with Crippen LogP contribution in [-0.4, -0.2) is 20.2 Å². The van der Waals surface area contributed by atoms with Crippen molar-refractivity contribution in [2.24, 2.45) is 5.73 Å². The van der Waals surface area contributed by atoms with Crippen LogP contribution in [0.25, 0.3) is 0 Å². The summed E-state index contributed by atoms with van der Waals surface area (Å²) in [5.74, 6) is 0.790. The van der Waals surface area contributed by atoms with E-state index in [1.165, 1.54) is 0 Å². The number of nitriles is 1. The van der Waals surface area contributed by atoms with Crippen LogP contribution >= 0.6 is 0 Å². The Hall–Kier alpha value is -1.73. The van der Waals surface area contributed by atoms with Crippen LogP contribution in [0.4, 0.5) is 5.69 Å². The second-order valence-corrected chi connectivity index (χ2v) is 4.50. The zero-order valence-corrected chi connectivity index (χ0v) is 11.5. The van der Waals surface area contributed by atoms with Crippen LogP contribution in [0.1, 0.15) is 31.9 Å². The Morgan fingerprint density at radius 3 is 2.61 bits per heavy atom. The summed E-state index contributed by atoms with van der Waals surface area (Å²) in [5, 5.41) is 8.79. The highest BCUT2D eigenvalue weighted by Crippen LogP contribution is 2.34. The maximum atomic E-state index is 8.79. The molecule has 0 aliphatic rings. The molecule has 98 valence electrons. The van der Waals surface area contributed by atoms with Gasteiger partial charge in [-0.3, -0.25) is 0 Å². The number of methoxy groups -OCH3 is 1. The zero-order valence-electron chi connectivity index (χ0n) is 11.5. The number of nitrogens with zero attached hydrogens (tertiary/aromatic N) is 2. The number of benzene rings is 1. The van der Waals surface area contributed by atoms with Crippen molar-refractivity contribution in [3.05, 3.63) is 23.8 Å². The maximum Gasteiger partial charge on any atom is 0.125 e. The average Bonchev–Trinajstić information content (AvgIpc) is 2.36. The Labute approximate surface area is 109 Å². The second kappa shape index (κ2) is 6.27. The quantitative estimate of drug-likeness (QED) is 0.868. The summed E-state index contributed by atoms with van der Waals surface area (Å²) in [7, 11) is 3.62. The first-order chi connectivity index (χ1) is 8.52. The summed E-state index contributed by atoms with van der Waals surface area (Å²) in [6, 6.07) is 8.07. The van der Waals surface area contributed by atoms with E-state index in [1.54, 1.807) is 7.11 Å². The van der Waals surface area contributed by atoms with Crippen LogP contribution in [0.5, 0.6) is 5.75 Å². The number of nitrogens with two attached hydrogens (primary N) is 1. The largest absolute Gasteiger partial charge is 0.496 e. The van der Waals surface area contributed by atoms with Gasteiger partial charge in [-0.25, -0.2) is 0 Å². The Morgan fingerprint density at radius 2 is 2.11 bits per heavy atom. The van der Waals surface area contributed by atoms with E-state index in [9.17, 15) is 0 Å². The van der Waals surface area contributed by atoms with Gasteiger partial charge in [0.1, 0.15) is 5.75 Å². The van der Waals surface area contributed by atoms with Crippen molar-refractivity contribution >= 4 is 5.69 Å². The molecule has 0 amide bonds. The fourth-order valence-corrected chi connectivity index (χ4v) is 1.98. The summed E-state index contributed by atoms with van der Waals surface area (Å²) in [6.45, 7) is 3.96. The van der Waals surface area contributed by atoms with E-state index in [4.69, 9.17) is 15.7 Å². The van der Waals surface area contributed by atoms with Crippen molar-refractivity contribution in [2.45, 2.75) is 32.4 Å². The first-order valence-electron chi connectivity index (χ1n) is 6.05. The normalized spacial score (nSPS) is 13.6. The summed E-state index contributed by atoms with van der Waals surface area (Å²) in [6.07, 6.45) is 0.478. The van der Waals surface area contributed by atoms with Crippen LogP contribution in [-0.2, 0) is 0 Å². The smallest absolute Gasteiger partial charge is 0.125 e. The molecule has 0 heterocycles. The van der Waals surface area contributed by atoms with Gasteiger partial charge in [0.25, 0.3) is 0 Å². The molecule has 0 saturated carbocycles. The van der Waals surface area contributed by atoms with Crippen molar-refractivity contribution in [3.63, 3.8) is 0 Å². The van der Waals surface area contributed by atoms with Gasteiger partial charge in [-0.15, -0.1) is 0 Å². The monoisotopic (exact) mass is 247 g/mol. The molecule has 0 aliphatic carbocycles. The van der Waals surface area contributed by atoms with E-state index < -0.39 is 0 Å². The minimum absolute atomic E-state index is 0.118. The lowest BCUT2D eigenvalue weighted by atomic mass is 10.0. The van der Waals surface area contributed by atoms with Gasteiger partial charge in [-0.05, 0) is 26.0 Å². The number of hydrogen-bond acceptors (Lipinski definition) is 4. The molecule has 1 aromatic rings. The van der Waals surface area contributed by atoms with Crippen LogP contribution in [0, 0.1) is 11.3 Å². The summed E-state index contributed by atoms with van der Waals surface area (Å²) in [5.41, 5.74) is 8.03. The van der Waals surface area contributed by atoms with Gasteiger partial charge in [0, 0.05) is 30.4 Å². The third-order valence-electron chi connectivity index (χ3n) is 3.15. The molecule has 0 radical (unpaired) electrons. The van der Waals surface area contributed by atoms with Gasteiger partial charge >= 0.3 is 0 Å². The lowest BCUT2D eigenvalue weighted by molar-refractivity contribution is 0.407. The Kier molecular flexibility index (Phi) is 4.99. The van der Waals surface area contributed by atoms with E-state index in [0.29, 0.717) is 6.42 Å². The third-order valence-corrected chi connectivity index (χ3v) is 3.15. The van der Waals surface area contributed by atoms with Crippen LogP contribution < -0.4 is 15.4 Å². The molecule has 0 fully saturated rings. The fraction of sp³-hybridized carbons (Fsp3) is 0.500. The Balaban J connectivity index is 3.19. The third kappa shape index (κ3) is 2.93. The van der Waals surface area contributed by atoms with E-state index in [-0.39, 0.29) is 12.1 Å². The summed E-state index contributed by atoms with van der Waals surface area (Å²) < 4.78 is 5.37. The molecule has 2 N–H and O–H groups in total. The molecular weight excluding hydrogens is 226 g/mol. The zero-order chi connectivity index (χ0) is 13.7. The molecule has 4 heteroatoms. The highest BCUT2D eigenvalue weighted by molar-refractivity contribution is 5.60. The van der Waals surface area contributed by atoms with Gasteiger partial charge in [-0.1, -0.05) is 6.07 Å². The van der Waals surface area contributed by atoms with Gasteiger partial charge in [0.2, 0.25) is 0 Å². The molecule has 0 spiro atoms. The lowest BCUT2D eigenvalue weighted by Crippen LogP contribution is -2.30. The van der Waals surface area contributed by atoms with Crippen molar-refractivity contribution < 1.29 is 4.74 Å². The van der Waals surface area contributed by atoms with E-state index in [2.05, 4.69) is 11.0 Å². The standard InChI is InChI=1S/C14H21N3O/c1-10(8-9-15)17(3)12-6-5-7-13(18-4)14(12)11(2)16/h5-7,10-11H,8,16H2,1-4H3. The summed E-state index contributed by atoms with van der Waals surface area (Å²) in [4.78, 5) is 2.07. The predicted molar refractivity (Wildman–Crippen MR) is 73.7 cm³/mol. The van der Waals surface area contributed by atoms with E-state index >= 15 is 0 Å². The van der Waals surface area contributed by atoms with Crippen molar-refractivity contribution in [2.75, 3.05) is 19.1 Å². The van der Waals surface area contributed by atoms with Gasteiger partial charge in [-0.2, -0.15) is 5.26 Å². The van der Waals surface area contributed by atoms with E-state index in [0.717, 1.165) is 17.0 Å². The molecule has 1 rings (SSSR count). The highest BCUT2D eigenvalue weighted by atomic mass is 16.5. The highest BCUT2D eigenvalue weighted by Gasteiger charge is 2.18. The number of rotatable bonds is 5. The Morgan fingerprint density at radius 1 is 1.44 bits per heavy atom. The minimum Gasteiger partial charge on any atom is -0.496 e. The van der Waals surface area contributed by atoms with Gasteiger partial charge in [0.15, 0.2) is 0 Å². The molecule has 0 aliphatic heterocycles. The minimum atomic E-state index is -0.118. The maximum absolute atomic E-state index is 8.79. The van der Waals surface area contributed by atoms with Crippen LogP contribution in [0.15, 0.2) is 18.2 Å². The number of anilines is 1. The molecule has 2 atom stereocenters. The van der Waals surface area contributed by atoms with Crippen LogP contribution in [0.3, 0.4) is 0 Å². The molecule has 0 bridgehead atoms. The summed E-state index contributed by atoms with van der Waals surface area (Å²) >= 11 is 0. The molecule has 2 unspecified atom stereocenters. The number of hydrogen-bond donors (Lipinski definition) is 1. The average molecular weight is 247 g/mol. The van der Waals surface area contributed by atoms with Gasteiger partial charge in [0.05, 0.1) is 19.6 Å². The van der Waals surface area contributed by atoms with Crippen molar-refractivity contribution in [1.82, 2.24) is 0 Å². The lowest BCUT2D eigenvalue weighted by Gasteiger charge is -2.29. The molecule has 0 saturated heterocycles. The SMILES string of the molecule is COc1cccc(N(C)C(C)CC#N)c1C(C)N. The van der Waals surface area contributed by atoms with Crippen molar-refractivity contribution in [3.8, 4) is 11.8 Å². The van der Waals surface area contributed by atoms with E-state index in [1.807, 2.05) is 39.1 Å². The molecule has 0 aromatic heterocycles. The molecule has 18 heavy (non-hydrogen) atoms.